The number of carboxylic acid groups (broad SMARTS) is 1. The lowest BCUT2D eigenvalue weighted by Crippen LogP contribution is -2.63. The van der Waals surface area contributed by atoms with Crippen molar-refractivity contribution in [1.82, 2.24) is 9.80 Å². The fourth-order valence-corrected chi connectivity index (χ4v) is 6.64. The first-order valence-corrected chi connectivity index (χ1v) is 14.6. The minimum atomic E-state index is -2.08. The van der Waals surface area contributed by atoms with Crippen molar-refractivity contribution in [2.45, 2.75) is 83.8 Å². The fourth-order valence-electron chi connectivity index (χ4n) is 5.21. The van der Waals surface area contributed by atoms with E-state index in [2.05, 4.69) is 40.4 Å². The summed E-state index contributed by atoms with van der Waals surface area (Å²) in [5, 5.41) is 10.0. The molecule has 5 atom stereocenters. The predicted octanol–water partition coefficient (Wildman–Crippen LogP) is 4.00. The van der Waals surface area contributed by atoms with E-state index in [0.717, 1.165) is 5.57 Å². The highest BCUT2D eigenvalue weighted by molar-refractivity contribution is 6.74. The van der Waals surface area contributed by atoms with E-state index in [-0.39, 0.29) is 53.3 Å². The molecular formula is C24H38N2O6Si. The molecular weight excluding hydrogens is 440 g/mol. The zero-order valence-electron chi connectivity index (χ0n) is 20.9. The number of rotatable bonds is 7. The van der Waals surface area contributed by atoms with Crippen LogP contribution in [-0.4, -0.2) is 72.5 Å². The molecule has 3 heterocycles. The molecule has 3 rings (SSSR count). The van der Waals surface area contributed by atoms with E-state index in [0.29, 0.717) is 19.4 Å². The zero-order valence-corrected chi connectivity index (χ0v) is 21.9. The number of hydrogen-bond donors (Lipinski definition) is 1. The first-order valence-electron chi connectivity index (χ1n) is 11.7. The monoisotopic (exact) mass is 478 g/mol. The quantitative estimate of drug-likeness (QED) is 0.338. The van der Waals surface area contributed by atoms with Crippen LogP contribution in [0.25, 0.3) is 0 Å². The molecule has 0 aromatic rings. The Morgan fingerprint density at radius 3 is 2.52 bits per heavy atom. The van der Waals surface area contributed by atoms with Gasteiger partial charge in [-0.25, -0.2) is 9.59 Å². The van der Waals surface area contributed by atoms with Crippen molar-refractivity contribution < 1.29 is 28.7 Å². The molecule has 2 amide bonds. The Labute approximate surface area is 197 Å². The number of β-lactam (4-membered cyclic amide) rings is 1. The van der Waals surface area contributed by atoms with Gasteiger partial charge in [-0.3, -0.25) is 4.79 Å². The summed E-state index contributed by atoms with van der Waals surface area (Å²) in [6, 6.07) is -0.410. The van der Waals surface area contributed by atoms with E-state index in [1.54, 1.807) is 4.90 Å². The molecule has 0 spiro atoms. The van der Waals surface area contributed by atoms with Gasteiger partial charge in [0.15, 0.2) is 8.32 Å². The number of carboxylic acids is 1. The summed E-state index contributed by atoms with van der Waals surface area (Å²) in [6.07, 6.45) is 1.97. The first kappa shape index (κ1) is 25.5. The van der Waals surface area contributed by atoms with E-state index < -0.39 is 20.4 Å². The lowest BCUT2D eigenvalue weighted by molar-refractivity contribution is -0.160. The summed E-state index contributed by atoms with van der Waals surface area (Å²) in [5.74, 6) is -1.73. The van der Waals surface area contributed by atoms with Crippen LogP contribution in [-0.2, 0) is 18.8 Å². The second-order valence-electron chi connectivity index (χ2n) is 11.0. The maximum atomic E-state index is 13.1. The van der Waals surface area contributed by atoms with Gasteiger partial charge in [0.1, 0.15) is 12.3 Å². The van der Waals surface area contributed by atoms with Crippen molar-refractivity contribution >= 4 is 26.3 Å². The number of aliphatic carboxylic acids is 1. The lowest BCUT2D eigenvalue weighted by Gasteiger charge is -2.48. The molecule has 0 saturated carbocycles. The van der Waals surface area contributed by atoms with Gasteiger partial charge in [0.25, 0.3) is 0 Å². The van der Waals surface area contributed by atoms with Crippen LogP contribution in [0.1, 0.15) is 47.5 Å². The Bertz CT molecular complexity index is 877. The molecule has 3 aliphatic rings. The number of carbonyl (C=O) groups excluding carboxylic acids is 2. The van der Waals surface area contributed by atoms with Gasteiger partial charge in [0.05, 0.1) is 18.1 Å². The fraction of sp³-hybridized carbons (Fsp3) is 0.708. The van der Waals surface area contributed by atoms with E-state index >= 15 is 0 Å². The number of nitrogens with zero attached hydrogens (tertiary/aromatic N) is 2. The van der Waals surface area contributed by atoms with Crippen LogP contribution in [0.3, 0.4) is 0 Å². The van der Waals surface area contributed by atoms with E-state index in [9.17, 15) is 19.5 Å². The third-order valence-electron chi connectivity index (χ3n) is 8.00. The van der Waals surface area contributed by atoms with Gasteiger partial charge in [0.2, 0.25) is 5.91 Å². The summed E-state index contributed by atoms with van der Waals surface area (Å²) in [5.41, 5.74) is 0.855. The molecule has 2 fully saturated rings. The summed E-state index contributed by atoms with van der Waals surface area (Å²) >= 11 is 0. The van der Waals surface area contributed by atoms with Gasteiger partial charge in [-0.1, -0.05) is 33.4 Å². The van der Waals surface area contributed by atoms with Crippen molar-refractivity contribution in [3.63, 3.8) is 0 Å². The van der Waals surface area contributed by atoms with Crippen LogP contribution in [0.5, 0.6) is 0 Å². The number of carbonyl (C=O) groups is 3. The van der Waals surface area contributed by atoms with Crippen molar-refractivity contribution in [3.8, 4) is 0 Å². The van der Waals surface area contributed by atoms with Gasteiger partial charge in [-0.15, -0.1) is 0 Å². The van der Waals surface area contributed by atoms with Crippen LogP contribution in [0.2, 0.25) is 18.1 Å². The Hall–Kier alpha value is -2.13. The molecule has 0 aliphatic carbocycles. The minimum absolute atomic E-state index is 0.0159. The largest absolute Gasteiger partial charge is 0.477 e. The van der Waals surface area contributed by atoms with Crippen LogP contribution < -0.4 is 0 Å². The second-order valence-corrected chi connectivity index (χ2v) is 15.7. The molecule has 0 bridgehead atoms. The lowest BCUT2D eigenvalue weighted by atomic mass is 9.81. The zero-order chi connectivity index (χ0) is 24.9. The van der Waals surface area contributed by atoms with Gasteiger partial charge in [-0.05, 0) is 50.4 Å². The topological polar surface area (TPSA) is 96.4 Å². The van der Waals surface area contributed by atoms with E-state index in [1.807, 2.05) is 13.8 Å². The SMILES string of the molecule is C=CCOC(=O)N1CCC(C2=C(C(=O)O)N3C(=O)[C@H]([C@@H](C)O[Si](C)(C)C(C)(C)C)[C@H]3C2)C1C. The summed E-state index contributed by atoms with van der Waals surface area (Å²) < 4.78 is 11.7. The standard InChI is InChI=1S/C24H38N2O6Si/c1-9-12-31-23(30)25-11-10-16(14(25)2)17-13-18-19(21(27)26(18)20(17)22(28)29)15(3)32-33(7,8)24(4,5)6/h9,14-16,18-19H,1,10-13H2,2-8H3,(H,28,29)/t14?,15-,16?,18-,19-/m1/s1. The van der Waals surface area contributed by atoms with Crippen LogP contribution in [0.15, 0.2) is 23.9 Å². The Balaban J connectivity index is 1.79. The van der Waals surface area contributed by atoms with Crippen LogP contribution in [0, 0.1) is 11.8 Å². The molecule has 9 heteroatoms. The summed E-state index contributed by atoms with van der Waals surface area (Å²) in [4.78, 5) is 40.8. The normalized spacial score (nSPS) is 28.5. The van der Waals surface area contributed by atoms with Crippen LogP contribution >= 0.6 is 0 Å². The second kappa shape index (κ2) is 8.90. The third-order valence-corrected chi connectivity index (χ3v) is 12.6. The molecule has 2 unspecified atom stereocenters. The van der Waals surface area contributed by atoms with Crippen molar-refractivity contribution in [3.05, 3.63) is 23.9 Å². The highest BCUT2D eigenvalue weighted by atomic mass is 28.4. The molecule has 3 aliphatic heterocycles. The first-order chi connectivity index (χ1) is 15.2. The molecule has 1 N–H and O–H groups in total. The predicted molar refractivity (Wildman–Crippen MR) is 127 cm³/mol. The average molecular weight is 479 g/mol. The maximum absolute atomic E-state index is 13.1. The molecule has 0 radical (unpaired) electrons. The minimum Gasteiger partial charge on any atom is -0.477 e. The molecule has 2 saturated heterocycles. The number of likely N-dealkylation sites (tertiary alicyclic amines) is 1. The van der Waals surface area contributed by atoms with Crippen molar-refractivity contribution in [1.29, 1.82) is 0 Å². The van der Waals surface area contributed by atoms with Gasteiger partial charge in [0, 0.05) is 18.5 Å². The summed E-state index contributed by atoms with van der Waals surface area (Å²) in [7, 11) is -2.08. The Kier molecular flexibility index (Phi) is 6.88. The number of hydrogen-bond acceptors (Lipinski definition) is 5. The Morgan fingerprint density at radius 2 is 1.97 bits per heavy atom. The van der Waals surface area contributed by atoms with E-state index in [4.69, 9.17) is 9.16 Å². The maximum Gasteiger partial charge on any atom is 0.410 e. The molecule has 33 heavy (non-hydrogen) atoms. The highest BCUT2D eigenvalue weighted by Gasteiger charge is 2.59. The number of fused-ring (bicyclic) bond motifs is 1. The van der Waals surface area contributed by atoms with Gasteiger partial charge < -0.3 is 24.1 Å². The van der Waals surface area contributed by atoms with Gasteiger partial charge >= 0.3 is 12.1 Å². The van der Waals surface area contributed by atoms with Crippen molar-refractivity contribution in [2.75, 3.05) is 13.2 Å². The number of ether oxygens (including phenoxy) is 1. The molecule has 8 nitrogen and oxygen atoms in total. The highest BCUT2D eigenvalue weighted by Crippen LogP contribution is 2.50. The average Bonchev–Trinajstić information content (AvgIpc) is 3.22. The van der Waals surface area contributed by atoms with Crippen LogP contribution in [0.4, 0.5) is 4.79 Å². The van der Waals surface area contributed by atoms with Gasteiger partial charge in [-0.2, -0.15) is 0 Å². The number of amides is 2. The Morgan fingerprint density at radius 1 is 1.33 bits per heavy atom. The third kappa shape index (κ3) is 4.37. The summed E-state index contributed by atoms with van der Waals surface area (Å²) in [6.45, 7) is 18.8. The smallest absolute Gasteiger partial charge is 0.410 e. The molecule has 0 aromatic heterocycles. The molecule has 184 valence electrons. The van der Waals surface area contributed by atoms with E-state index in [1.165, 1.54) is 11.0 Å². The van der Waals surface area contributed by atoms with Crippen molar-refractivity contribution in [2.24, 2.45) is 11.8 Å². The molecule has 0 aromatic carbocycles.